The number of nitrogens with zero attached hydrogens (tertiary/aromatic N) is 3. The third-order valence-electron chi connectivity index (χ3n) is 3.37. The van der Waals surface area contributed by atoms with Gasteiger partial charge in [-0.1, -0.05) is 13.8 Å². The van der Waals surface area contributed by atoms with Crippen LogP contribution in [0.25, 0.3) is 0 Å². The first-order valence-electron chi connectivity index (χ1n) is 7.46. The molecule has 0 bridgehead atoms. The van der Waals surface area contributed by atoms with Crippen molar-refractivity contribution in [3.63, 3.8) is 0 Å². The molecule has 1 aromatic heterocycles. The summed E-state index contributed by atoms with van der Waals surface area (Å²) in [4.78, 5) is 8.84. The molecule has 0 aliphatic heterocycles. The first-order valence-corrected chi connectivity index (χ1v) is 7.46. The maximum Gasteiger partial charge on any atom is 0.0498 e. The Balaban J connectivity index is 2.92. The van der Waals surface area contributed by atoms with E-state index in [4.69, 9.17) is 5.73 Å². The van der Waals surface area contributed by atoms with Gasteiger partial charge in [0.1, 0.15) is 0 Å². The minimum absolute atomic E-state index is 0.0957. The molecule has 4 nitrogen and oxygen atoms in total. The second-order valence-electron chi connectivity index (χ2n) is 6.28. The Bertz CT molecular complexity index is 362. The number of hydrogen-bond acceptors (Lipinski definition) is 4. The molecular weight excluding hydrogens is 248 g/mol. The van der Waals surface area contributed by atoms with Crippen LogP contribution < -0.4 is 5.73 Å². The number of likely N-dealkylation sites (N-methyl/N-ethyl adjacent to an activating group) is 1. The van der Waals surface area contributed by atoms with E-state index < -0.39 is 0 Å². The van der Waals surface area contributed by atoms with E-state index in [2.05, 4.69) is 61.8 Å². The monoisotopic (exact) mass is 278 g/mol. The average Bonchev–Trinajstić information content (AvgIpc) is 2.36. The van der Waals surface area contributed by atoms with Gasteiger partial charge in [0.05, 0.1) is 0 Å². The SMILES string of the molecule is CC(C)CN(CCN(C)C)C(c1ccncc1)C(C)N. The summed E-state index contributed by atoms with van der Waals surface area (Å²) < 4.78 is 0. The summed E-state index contributed by atoms with van der Waals surface area (Å²) in [5.41, 5.74) is 7.53. The Morgan fingerprint density at radius 3 is 2.15 bits per heavy atom. The highest BCUT2D eigenvalue weighted by molar-refractivity contribution is 5.17. The van der Waals surface area contributed by atoms with E-state index in [-0.39, 0.29) is 12.1 Å². The molecule has 0 aliphatic rings. The molecule has 0 saturated heterocycles. The molecule has 0 radical (unpaired) electrons. The van der Waals surface area contributed by atoms with Gasteiger partial charge in [-0.2, -0.15) is 0 Å². The lowest BCUT2D eigenvalue weighted by Gasteiger charge is -2.36. The maximum absolute atomic E-state index is 6.28. The summed E-state index contributed by atoms with van der Waals surface area (Å²) in [7, 11) is 4.22. The van der Waals surface area contributed by atoms with Crippen molar-refractivity contribution >= 4 is 0 Å². The smallest absolute Gasteiger partial charge is 0.0498 e. The molecule has 0 fully saturated rings. The molecule has 2 N–H and O–H groups in total. The minimum Gasteiger partial charge on any atom is -0.326 e. The molecule has 20 heavy (non-hydrogen) atoms. The third kappa shape index (κ3) is 5.57. The van der Waals surface area contributed by atoms with Crippen LogP contribution in [0.1, 0.15) is 32.4 Å². The Kier molecular flexibility index (Phi) is 7.13. The molecule has 0 saturated carbocycles. The lowest BCUT2D eigenvalue weighted by atomic mass is 9.99. The lowest BCUT2D eigenvalue weighted by molar-refractivity contribution is 0.144. The van der Waals surface area contributed by atoms with Crippen molar-refractivity contribution in [3.8, 4) is 0 Å². The van der Waals surface area contributed by atoms with Gasteiger partial charge in [0, 0.05) is 44.1 Å². The number of rotatable bonds is 8. The number of nitrogens with two attached hydrogens (primary N) is 1. The summed E-state index contributed by atoms with van der Waals surface area (Å²) in [5, 5.41) is 0. The molecule has 1 heterocycles. The maximum atomic E-state index is 6.28. The first kappa shape index (κ1) is 17.1. The minimum atomic E-state index is 0.0957. The van der Waals surface area contributed by atoms with E-state index in [0.717, 1.165) is 19.6 Å². The highest BCUT2D eigenvalue weighted by Gasteiger charge is 2.24. The first-order chi connectivity index (χ1) is 9.41. The van der Waals surface area contributed by atoms with Gasteiger partial charge in [0.15, 0.2) is 0 Å². The lowest BCUT2D eigenvalue weighted by Crippen LogP contribution is -2.44. The molecule has 1 aromatic rings. The molecule has 1 rings (SSSR count). The number of hydrogen-bond donors (Lipinski definition) is 1. The fourth-order valence-electron chi connectivity index (χ4n) is 2.55. The van der Waals surface area contributed by atoms with Crippen molar-refractivity contribution in [2.24, 2.45) is 11.7 Å². The van der Waals surface area contributed by atoms with Gasteiger partial charge in [-0.15, -0.1) is 0 Å². The number of pyridine rings is 1. The average molecular weight is 278 g/mol. The molecule has 4 heteroatoms. The van der Waals surface area contributed by atoms with E-state index in [1.165, 1.54) is 5.56 Å². The van der Waals surface area contributed by atoms with Gasteiger partial charge in [0.2, 0.25) is 0 Å². The summed E-state index contributed by atoms with van der Waals surface area (Å²) in [6.45, 7) is 9.73. The van der Waals surface area contributed by atoms with Crippen molar-refractivity contribution < 1.29 is 0 Å². The molecule has 2 unspecified atom stereocenters. The Hall–Kier alpha value is -0.970. The molecule has 114 valence electrons. The highest BCUT2D eigenvalue weighted by Crippen LogP contribution is 2.24. The van der Waals surface area contributed by atoms with Crippen molar-refractivity contribution in [1.29, 1.82) is 0 Å². The summed E-state index contributed by atoms with van der Waals surface area (Å²) in [6.07, 6.45) is 3.70. The van der Waals surface area contributed by atoms with Gasteiger partial charge < -0.3 is 10.6 Å². The summed E-state index contributed by atoms with van der Waals surface area (Å²) >= 11 is 0. The number of aromatic nitrogens is 1. The summed E-state index contributed by atoms with van der Waals surface area (Å²) in [6, 6.07) is 4.51. The molecular formula is C16H30N4. The van der Waals surface area contributed by atoms with Crippen LogP contribution in [0.15, 0.2) is 24.5 Å². The van der Waals surface area contributed by atoms with Gasteiger partial charge in [0.25, 0.3) is 0 Å². The van der Waals surface area contributed by atoms with Crippen LogP contribution in [-0.4, -0.2) is 54.6 Å². The third-order valence-corrected chi connectivity index (χ3v) is 3.37. The van der Waals surface area contributed by atoms with Gasteiger partial charge >= 0.3 is 0 Å². The Labute approximate surface area is 124 Å². The van der Waals surface area contributed by atoms with E-state index in [1.807, 2.05) is 12.4 Å². The fourth-order valence-corrected chi connectivity index (χ4v) is 2.55. The van der Waals surface area contributed by atoms with Crippen LogP contribution in [0, 0.1) is 5.92 Å². The molecule has 0 aromatic carbocycles. The zero-order valence-corrected chi connectivity index (χ0v) is 13.6. The van der Waals surface area contributed by atoms with Gasteiger partial charge in [-0.25, -0.2) is 0 Å². The van der Waals surface area contributed by atoms with Crippen molar-refractivity contribution in [1.82, 2.24) is 14.8 Å². The zero-order valence-electron chi connectivity index (χ0n) is 13.6. The van der Waals surface area contributed by atoms with Crippen molar-refractivity contribution in [2.45, 2.75) is 32.9 Å². The van der Waals surface area contributed by atoms with Gasteiger partial charge in [-0.3, -0.25) is 9.88 Å². The molecule has 0 spiro atoms. The second-order valence-corrected chi connectivity index (χ2v) is 6.28. The second kappa shape index (κ2) is 8.35. The Morgan fingerprint density at radius 2 is 1.70 bits per heavy atom. The van der Waals surface area contributed by atoms with Crippen LogP contribution in [0.4, 0.5) is 0 Å². The predicted molar refractivity (Wildman–Crippen MR) is 85.6 cm³/mol. The van der Waals surface area contributed by atoms with Crippen LogP contribution in [0.3, 0.4) is 0 Å². The largest absolute Gasteiger partial charge is 0.326 e. The zero-order chi connectivity index (χ0) is 15.1. The topological polar surface area (TPSA) is 45.4 Å². The predicted octanol–water partition coefficient (Wildman–Crippen LogP) is 1.99. The van der Waals surface area contributed by atoms with Crippen LogP contribution >= 0.6 is 0 Å². The Morgan fingerprint density at radius 1 is 1.10 bits per heavy atom. The molecule has 0 amide bonds. The van der Waals surface area contributed by atoms with Crippen LogP contribution in [0.2, 0.25) is 0 Å². The van der Waals surface area contributed by atoms with E-state index in [9.17, 15) is 0 Å². The van der Waals surface area contributed by atoms with Crippen molar-refractivity contribution in [2.75, 3.05) is 33.7 Å². The van der Waals surface area contributed by atoms with Crippen LogP contribution in [0.5, 0.6) is 0 Å². The molecule has 0 aliphatic carbocycles. The molecule has 2 atom stereocenters. The fraction of sp³-hybridized carbons (Fsp3) is 0.688. The van der Waals surface area contributed by atoms with Crippen molar-refractivity contribution in [3.05, 3.63) is 30.1 Å². The van der Waals surface area contributed by atoms with Gasteiger partial charge in [-0.05, 0) is 44.6 Å². The van der Waals surface area contributed by atoms with E-state index in [0.29, 0.717) is 5.92 Å². The van der Waals surface area contributed by atoms with E-state index in [1.54, 1.807) is 0 Å². The normalized spacial score (nSPS) is 15.1. The highest BCUT2D eigenvalue weighted by atomic mass is 15.2. The standard InChI is InChI=1S/C16H30N4/c1-13(2)12-20(11-10-19(4)5)16(14(3)17)15-6-8-18-9-7-15/h6-9,13-14,16H,10-12,17H2,1-5H3. The van der Waals surface area contributed by atoms with E-state index >= 15 is 0 Å². The van der Waals surface area contributed by atoms with Crippen LogP contribution in [-0.2, 0) is 0 Å². The quantitative estimate of drug-likeness (QED) is 0.790. The summed E-state index contributed by atoms with van der Waals surface area (Å²) in [5.74, 6) is 0.625.